The van der Waals surface area contributed by atoms with Gasteiger partial charge in [0.2, 0.25) is 0 Å². The molecule has 35 heavy (non-hydrogen) atoms. The van der Waals surface area contributed by atoms with Gasteiger partial charge in [0.1, 0.15) is 11.6 Å². The van der Waals surface area contributed by atoms with E-state index in [9.17, 15) is 17.6 Å². The molecule has 0 N–H and O–H groups in total. The van der Waals surface area contributed by atoms with Crippen LogP contribution < -0.4 is 0 Å². The molecular weight excluding hydrogens is 459 g/mol. The maximum absolute atomic E-state index is 15.1. The Balaban J connectivity index is 1.37. The van der Waals surface area contributed by atoms with E-state index >= 15 is 4.39 Å². The maximum Gasteiger partial charge on any atom is 0.419 e. The highest BCUT2D eigenvalue weighted by atomic mass is 19.4. The summed E-state index contributed by atoms with van der Waals surface area (Å²) in [6.45, 7) is 0.853. The summed E-state index contributed by atoms with van der Waals surface area (Å²) in [5.74, 6) is -0.206. The number of ether oxygens (including phenoxy) is 1. The van der Waals surface area contributed by atoms with Crippen molar-refractivity contribution in [2.45, 2.75) is 57.5 Å². The fourth-order valence-corrected chi connectivity index (χ4v) is 5.25. The summed E-state index contributed by atoms with van der Waals surface area (Å²) in [6, 6.07) is 12.3. The van der Waals surface area contributed by atoms with Crippen molar-refractivity contribution in [2.24, 2.45) is 11.8 Å². The Morgan fingerprint density at radius 1 is 0.800 bits per heavy atom. The summed E-state index contributed by atoms with van der Waals surface area (Å²) in [5, 5.41) is 1.37. The van der Waals surface area contributed by atoms with Gasteiger partial charge in [-0.05, 0) is 84.6 Å². The first kappa shape index (κ1) is 25.6. The van der Waals surface area contributed by atoms with Crippen LogP contribution in [-0.2, 0) is 30.2 Å². The van der Waals surface area contributed by atoms with E-state index in [0.717, 1.165) is 42.9 Å². The van der Waals surface area contributed by atoms with Crippen molar-refractivity contribution in [3.05, 3.63) is 82.4 Å². The number of methoxy groups -OCH3 is 1. The first-order valence-corrected chi connectivity index (χ1v) is 12.3. The van der Waals surface area contributed by atoms with Crippen LogP contribution in [0, 0.1) is 23.5 Å². The van der Waals surface area contributed by atoms with Crippen molar-refractivity contribution in [3.63, 3.8) is 0 Å². The minimum Gasteiger partial charge on any atom is -0.384 e. The molecule has 1 saturated carbocycles. The fourth-order valence-electron chi connectivity index (χ4n) is 5.25. The molecule has 0 bridgehead atoms. The lowest BCUT2D eigenvalue weighted by molar-refractivity contribution is -0.140. The molecule has 0 spiro atoms. The molecular formula is C29H31F5O. The van der Waals surface area contributed by atoms with E-state index in [-0.39, 0.29) is 18.7 Å². The Morgan fingerprint density at radius 3 is 2.17 bits per heavy atom. The number of hydrogen-bond donors (Lipinski definition) is 0. The van der Waals surface area contributed by atoms with Gasteiger partial charge >= 0.3 is 6.18 Å². The van der Waals surface area contributed by atoms with Gasteiger partial charge in [-0.2, -0.15) is 13.2 Å². The molecule has 1 aliphatic carbocycles. The normalized spacial score (nSPS) is 18.8. The molecule has 1 fully saturated rings. The zero-order chi connectivity index (χ0) is 25.0. The minimum atomic E-state index is -4.73. The van der Waals surface area contributed by atoms with Gasteiger partial charge in [-0.3, -0.25) is 0 Å². The lowest BCUT2D eigenvalue weighted by atomic mass is 9.80. The lowest BCUT2D eigenvalue weighted by Crippen LogP contribution is -2.18. The molecule has 0 amide bonds. The first-order valence-electron chi connectivity index (χ1n) is 12.3. The topological polar surface area (TPSA) is 9.23 Å². The third-order valence-corrected chi connectivity index (χ3v) is 7.33. The van der Waals surface area contributed by atoms with Crippen molar-refractivity contribution < 1.29 is 26.7 Å². The number of alkyl halides is 3. The summed E-state index contributed by atoms with van der Waals surface area (Å²) < 4.78 is 72.5. The van der Waals surface area contributed by atoms with Gasteiger partial charge in [0, 0.05) is 19.1 Å². The minimum absolute atomic E-state index is 0.252. The lowest BCUT2D eigenvalue weighted by Gasteiger charge is -2.28. The molecule has 3 aromatic rings. The summed E-state index contributed by atoms with van der Waals surface area (Å²) in [6.07, 6.45) is 2.84. The third kappa shape index (κ3) is 6.40. The number of aryl methyl sites for hydroxylation is 3. The molecule has 4 rings (SSSR count). The zero-order valence-corrected chi connectivity index (χ0v) is 19.9. The monoisotopic (exact) mass is 490 g/mol. The molecule has 1 nitrogen and oxygen atoms in total. The second-order valence-corrected chi connectivity index (χ2v) is 9.79. The van der Waals surface area contributed by atoms with Gasteiger partial charge in [-0.15, -0.1) is 0 Å². The Morgan fingerprint density at radius 2 is 1.49 bits per heavy atom. The van der Waals surface area contributed by atoms with E-state index in [1.165, 1.54) is 37.3 Å². The van der Waals surface area contributed by atoms with Crippen molar-refractivity contribution >= 4 is 10.8 Å². The molecule has 3 aromatic carbocycles. The highest BCUT2D eigenvalue weighted by Gasteiger charge is 2.33. The predicted octanol–water partition coefficient (Wildman–Crippen LogP) is 8.31. The van der Waals surface area contributed by atoms with E-state index in [1.54, 1.807) is 13.2 Å². The van der Waals surface area contributed by atoms with Crippen LogP contribution in [0.3, 0.4) is 0 Å². The van der Waals surface area contributed by atoms with Crippen molar-refractivity contribution in [1.82, 2.24) is 0 Å². The first-order chi connectivity index (χ1) is 16.7. The Kier molecular flexibility index (Phi) is 8.10. The van der Waals surface area contributed by atoms with Crippen LogP contribution in [0.4, 0.5) is 22.0 Å². The maximum atomic E-state index is 15.1. The van der Waals surface area contributed by atoms with Crippen molar-refractivity contribution in [1.29, 1.82) is 0 Å². The molecule has 0 aliphatic heterocycles. The van der Waals surface area contributed by atoms with Gasteiger partial charge < -0.3 is 4.74 Å². The largest absolute Gasteiger partial charge is 0.419 e. The van der Waals surface area contributed by atoms with E-state index in [4.69, 9.17) is 4.74 Å². The SMILES string of the molecule is COCC1CCC(CCc2ccc3c(F)c(CCc4ccc(C(F)(F)F)c(F)c4)ccc3c2)CC1. The quantitative estimate of drug-likeness (QED) is 0.289. The second-order valence-electron chi connectivity index (χ2n) is 9.79. The Bertz CT molecular complexity index is 1150. The van der Waals surface area contributed by atoms with Crippen LogP contribution in [0.15, 0.2) is 48.5 Å². The highest BCUT2D eigenvalue weighted by molar-refractivity contribution is 5.84. The highest BCUT2D eigenvalue weighted by Crippen LogP contribution is 2.33. The van der Waals surface area contributed by atoms with Gasteiger partial charge in [0.05, 0.1) is 5.56 Å². The number of halogens is 5. The molecule has 1 aliphatic rings. The average Bonchev–Trinajstić information content (AvgIpc) is 2.82. The summed E-state index contributed by atoms with van der Waals surface area (Å²) in [5.41, 5.74) is 0.789. The van der Waals surface area contributed by atoms with Gasteiger partial charge in [-0.1, -0.05) is 49.2 Å². The predicted molar refractivity (Wildman–Crippen MR) is 128 cm³/mol. The van der Waals surface area contributed by atoms with Gasteiger partial charge in [-0.25, -0.2) is 8.78 Å². The standard InChI is InChI=1S/C29H31F5O/c1-35-18-22-6-3-19(4-7-22)2-5-20-9-14-25-24(16-20)13-12-23(28(25)31)11-8-21-10-15-26(27(30)17-21)29(32,33)34/h9-10,12-17,19,22H,2-8,11,18H2,1H3. The fraction of sp³-hybridized carbons (Fsp3) is 0.448. The molecule has 0 aromatic heterocycles. The summed E-state index contributed by atoms with van der Waals surface area (Å²) >= 11 is 0. The van der Waals surface area contributed by atoms with Gasteiger partial charge in [0.15, 0.2) is 0 Å². The molecule has 0 heterocycles. The smallest absolute Gasteiger partial charge is 0.384 e. The van der Waals surface area contributed by atoms with Crippen LogP contribution in [0.1, 0.15) is 54.4 Å². The summed E-state index contributed by atoms with van der Waals surface area (Å²) in [4.78, 5) is 0. The van der Waals surface area contributed by atoms with Crippen LogP contribution in [-0.4, -0.2) is 13.7 Å². The van der Waals surface area contributed by atoms with Crippen LogP contribution in [0.2, 0.25) is 0 Å². The van der Waals surface area contributed by atoms with Crippen LogP contribution >= 0.6 is 0 Å². The van der Waals surface area contributed by atoms with E-state index < -0.39 is 17.6 Å². The van der Waals surface area contributed by atoms with E-state index in [0.29, 0.717) is 22.4 Å². The molecule has 0 saturated heterocycles. The zero-order valence-electron chi connectivity index (χ0n) is 19.9. The number of fused-ring (bicyclic) bond motifs is 1. The Hall–Kier alpha value is -2.47. The summed E-state index contributed by atoms with van der Waals surface area (Å²) in [7, 11) is 1.76. The van der Waals surface area contributed by atoms with Crippen molar-refractivity contribution in [3.8, 4) is 0 Å². The number of rotatable bonds is 8. The van der Waals surface area contributed by atoms with Crippen LogP contribution in [0.5, 0.6) is 0 Å². The molecule has 0 radical (unpaired) electrons. The van der Waals surface area contributed by atoms with Crippen molar-refractivity contribution in [2.75, 3.05) is 13.7 Å². The molecule has 6 heteroatoms. The number of benzene rings is 3. The number of hydrogen-bond acceptors (Lipinski definition) is 1. The Labute approximate surface area is 203 Å². The van der Waals surface area contributed by atoms with Gasteiger partial charge in [0.25, 0.3) is 0 Å². The molecule has 188 valence electrons. The third-order valence-electron chi connectivity index (χ3n) is 7.33. The second kappa shape index (κ2) is 11.1. The van der Waals surface area contributed by atoms with Crippen LogP contribution in [0.25, 0.3) is 10.8 Å². The average molecular weight is 491 g/mol. The molecule has 0 atom stereocenters. The molecule has 0 unspecified atom stereocenters. The van der Waals surface area contributed by atoms with E-state index in [1.807, 2.05) is 24.3 Å². The van der Waals surface area contributed by atoms with E-state index in [2.05, 4.69) is 0 Å².